The molecule has 0 aliphatic rings. The Balaban J connectivity index is 0. The molecule has 0 saturated carbocycles. The van der Waals surface area contributed by atoms with Crippen LogP contribution in [-0.4, -0.2) is 23.7 Å². The van der Waals surface area contributed by atoms with Crippen LogP contribution in [-0.2, 0) is 14.3 Å². The van der Waals surface area contributed by atoms with E-state index in [1.165, 1.54) is 0 Å². The van der Waals surface area contributed by atoms with Crippen molar-refractivity contribution >= 4 is 11.9 Å². The lowest BCUT2D eigenvalue weighted by Crippen LogP contribution is -2.07. The van der Waals surface area contributed by atoms with Crippen LogP contribution in [0.5, 0.6) is 0 Å². The summed E-state index contributed by atoms with van der Waals surface area (Å²) in [6.45, 7) is 10.5. The van der Waals surface area contributed by atoms with Gasteiger partial charge in [-0.05, 0) is 6.42 Å². The number of esters is 1. The Hall–Kier alpha value is -1.58. The zero-order chi connectivity index (χ0) is 13.0. The maximum Gasteiger partial charge on any atom is 0.306 e. The van der Waals surface area contributed by atoms with E-state index in [-0.39, 0.29) is 11.9 Å². The third kappa shape index (κ3) is 12.4. The maximum absolute atomic E-state index is 10.3. The minimum absolute atomic E-state index is 0.176. The van der Waals surface area contributed by atoms with E-state index in [1.54, 1.807) is 26.0 Å². The Bertz CT molecular complexity index is 231. The van der Waals surface area contributed by atoms with Crippen molar-refractivity contribution in [3.63, 3.8) is 0 Å². The van der Waals surface area contributed by atoms with E-state index in [0.29, 0.717) is 19.4 Å². The molecule has 4 heteroatoms. The largest absolute Gasteiger partial charge is 0.481 e. The molecule has 4 nitrogen and oxygen atoms in total. The number of aliphatic carboxylic acids is 1. The lowest BCUT2D eigenvalue weighted by Gasteiger charge is -1.97. The average molecular weight is 228 g/mol. The highest BCUT2D eigenvalue weighted by atomic mass is 16.5. The molecule has 1 N–H and O–H groups in total. The number of hydrogen-bond donors (Lipinski definition) is 1. The monoisotopic (exact) mass is 228 g/mol. The molecule has 0 radical (unpaired) electrons. The molecule has 0 rings (SSSR count). The summed E-state index contributed by atoms with van der Waals surface area (Å²) in [5, 5.41) is 8.27. The van der Waals surface area contributed by atoms with Gasteiger partial charge in [-0.2, -0.15) is 0 Å². The second-order valence-electron chi connectivity index (χ2n) is 3.09. The molecular formula is C12H20O4. The zero-order valence-corrected chi connectivity index (χ0v) is 9.94. The summed E-state index contributed by atoms with van der Waals surface area (Å²) in [4.78, 5) is 20.3. The van der Waals surface area contributed by atoms with Crippen LogP contribution in [0.2, 0.25) is 0 Å². The lowest BCUT2D eigenvalue weighted by molar-refractivity contribution is -0.142. The van der Waals surface area contributed by atoms with E-state index in [0.717, 1.165) is 0 Å². The van der Waals surface area contributed by atoms with Gasteiger partial charge in [-0.3, -0.25) is 9.59 Å². The Morgan fingerprint density at radius 3 is 2.19 bits per heavy atom. The van der Waals surface area contributed by atoms with Gasteiger partial charge in [0.05, 0.1) is 5.92 Å². The summed E-state index contributed by atoms with van der Waals surface area (Å²) in [5.41, 5.74) is 0. The Morgan fingerprint density at radius 2 is 1.94 bits per heavy atom. The number of carbonyl (C=O) groups excluding carboxylic acids is 1. The van der Waals surface area contributed by atoms with Gasteiger partial charge in [0.25, 0.3) is 0 Å². The first-order chi connectivity index (χ1) is 7.49. The highest BCUT2D eigenvalue weighted by molar-refractivity contribution is 5.69. The summed E-state index contributed by atoms with van der Waals surface area (Å²) in [5.74, 6) is -1.22. The van der Waals surface area contributed by atoms with Crippen LogP contribution in [0.3, 0.4) is 0 Å². The fourth-order valence-corrected chi connectivity index (χ4v) is 0.605. The quantitative estimate of drug-likeness (QED) is 0.560. The SMILES string of the molecule is C=CCC(C)C(=O)O.C=CCOC(=O)CC. The summed E-state index contributed by atoms with van der Waals surface area (Å²) in [7, 11) is 0. The van der Waals surface area contributed by atoms with Gasteiger partial charge in [-0.25, -0.2) is 0 Å². The number of ether oxygens (including phenoxy) is 1. The molecule has 0 aromatic heterocycles. The van der Waals surface area contributed by atoms with Crippen LogP contribution >= 0.6 is 0 Å². The second kappa shape index (κ2) is 11.5. The number of carbonyl (C=O) groups is 2. The molecule has 0 bridgehead atoms. The van der Waals surface area contributed by atoms with Crippen molar-refractivity contribution in [3.8, 4) is 0 Å². The summed E-state index contributed by atoms with van der Waals surface area (Å²) < 4.78 is 4.58. The zero-order valence-electron chi connectivity index (χ0n) is 9.94. The van der Waals surface area contributed by atoms with Crippen LogP contribution < -0.4 is 0 Å². The first kappa shape index (κ1) is 16.8. The number of carboxylic acids is 1. The van der Waals surface area contributed by atoms with Gasteiger partial charge < -0.3 is 9.84 Å². The Morgan fingerprint density at radius 1 is 1.38 bits per heavy atom. The van der Waals surface area contributed by atoms with Crippen LogP contribution in [0.15, 0.2) is 25.3 Å². The van der Waals surface area contributed by atoms with Crippen LogP contribution in [0, 0.1) is 5.92 Å². The Labute approximate surface area is 96.6 Å². The normalized spacial score (nSPS) is 10.4. The topological polar surface area (TPSA) is 63.6 Å². The van der Waals surface area contributed by atoms with Gasteiger partial charge in [0.15, 0.2) is 0 Å². The molecule has 0 spiro atoms. The van der Waals surface area contributed by atoms with Gasteiger partial charge in [0.1, 0.15) is 6.61 Å². The van der Waals surface area contributed by atoms with E-state index < -0.39 is 5.97 Å². The molecule has 0 heterocycles. The summed E-state index contributed by atoms with van der Waals surface area (Å²) >= 11 is 0. The van der Waals surface area contributed by atoms with Crippen molar-refractivity contribution < 1.29 is 19.4 Å². The van der Waals surface area contributed by atoms with Gasteiger partial charge >= 0.3 is 11.9 Å². The third-order valence-electron chi connectivity index (χ3n) is 1.59. The minimum Gasteiger partial charge on any atom is -0.481 e. The van der Waals surface area contributed by atoms with Crippen molar-refractivity contribution in [1.82, 2.24) is 0 Å². The molecule has 0 fully saturated rings. The summed E-state index contributed by atoms with van der Waals surface area (Å²) in [6.07, 6.45) is 4.15. The van der Waals surface area contributed by atoms with Crippen molar-refractivity contribution in [1.29, 1.82) is 0 Å². The fraction of sp³-hybridized carbons (Fsp3) is 0.500. The first-order valence-electron chi connectivity index (χ1n) is 5.09. The average Bonchev–Trinajstić information content (AvgIpc) is 2.27. The Kier molecular flexibility index (Phi) is 12.1. The molecule has 92 valence electrons. The molecular weight excluding hydrogens is 208 g/mol. The number of rotatable bonds is 6. The van der Waals surface area contributed by atoms with E-state index in [1.807, 2.05) is 0 Å². The molecule has 1 unspecified atom stereocenters. The fourth-order valence-electron chi connectivity index (χ4n) is 0.605. The molecule has 0 amide bonds. The standard InChI is InChI=1S/2C6H10O2/c1-3-4-5(2)6(7)8;1-3-5-8-6(7)4-2/h3,5H,1,4H2,2H3,(H,7,8);3H,1,4-5H2,2H3. The number of allylic oxidation sites excluding steroid dienone is 1. The van der Waals surface area contributed by atoms with E-state index in [9.17, 15) is 9.59 Å². The van der Waals surface area contributed by atoms with Gasteiger partial charge in [-0.15, -0.1) is 6.58 Å². The molecule has 1 atom stereocenters. The van der Waals surface area contributed by atoms with Crippen molar-refractivity contribution in [2.75, 3.05) is 6.61 Å². The van der Waals surface area contributed by atoms with Crippen LogP contribution in [0.4, 0.5) is 0 Å². The predicted molar refractivity (Wildman–Crippen MR) is 63.1 cm³/mol. The van der Waals surface area contributed by atoms with Crippen LogP contribution in [0.25, 0.3) is 0 Å². The highest BCUT2D eigenvalue weighted by Gasteiger charge is 2.06. The number of carboxylic acid groups (broad SMARTS) is 1. The molecule has 0 saturated heterocycles. The first-order valence-corrected chi connectivity index (χ1v) is 5.09. The number of hydrogen-bond acceptors (Lipinski definition) is 3. The minimum atomic E-state index is -0.759. The van der Waals surface area contributed by atoms with Crippen molar-refractivity contribution in [2.24, 2.45) is 5.92 Å². The summed E-state index contributed by atoms with van der Waals surface area (Å²) in [6, 6.07) is 0. The van der Waals surface area contributed by atoms with E-state index >= 15 is 0 Å². The second-order valence-corrected chi connectivity index (χ2v) is 3.09. The molecule has 0 aliphatic heterocycles. The van der Waals surface area contributed by atoms with Gasteiger partial charge in [0, 0.05) is 6.42 Å². The molecule has 16 heavy (non-hydrogen) atoms. The molecule has 0 aromatic rings. The molecule has 0 aliphatic carbocycles. The third-order valence-corrected chi connectivity index (χ3v) is 1.59. The van der Waals surface area contributed by atoms with Gasteiger partial charge in [-0.1, -0.05) is 32.6 Å². The van der Waals surface area contributed by atoms with Crippen molar-refractivity contribution in [3.05, 3.63) is 25.3 Å². The van der Waals surface area contributed by atoms with E-state index in [2.05, 4.69) is 17.9 Å². The lowest BCUT2D eigenvalue weighted by atomic mass is 10.1. The smallest absolute Gasteiger partial charge is 0.306 e. The van der Waals surface area contributed by atoms with Crippen LogP contribution in [0.1, 0.15) is 26.7 Å². The highest BCUT2D eigenvalue weighted by Crippen LogP contribution is 2.00. The van der Waals surface area contributed by atoms with E-state index in [4.69, 9.17) is 5.11 Å². The van der Waals surface area contributed by atoms with Gasteiger partial charge in [0.2, 0.25) is 0 Å². The predicted octanol–water partition coefficient (Wildman–Crippen LogP) is 2.41. The maximum atomic E-state index is 10.3. The van der Waals surface area contributed by atoms with Crippen molar-refractivity contribution in [2.45, 2.75) is 26.7 Å². The molecule has 0 aromatic carbocycles.